The topological polar surface area (TPSA) is 24.4 Å². The Balaban J connectivity index is 2.08. The molecule has 1 aromatic rings. The third kappa shape index (κ3) is 2.47. The number of amidine groups is 1. The number of thioether (sulfide) groups is 1. The van der Waals surface area contributed by atoms with Crippen LogP contribution in [0.1, 0.15) is 0 Å². The van der Waals surface area contributed by atoms with Crippen LogP contribution in [0.4, 0.5) is 5.69 Å². The second kappa shape index (κ2) is 4.29. The van der Waals surface area contributed by atoms with Crippen molar-refractivity contribution in [2.45, 2.75) is 0 Å². The van der Waals surface area contributed by atoms with Gasteiger partial charge in [0.05, 0.1) is 5.75 Å². The van der Waals surface area contributed by atoms with Crippen molar-refractivity contribution in [1.82, 2.24) is 0 Å². The average Bonchev–Trinajstić information content (AvgIpc) is 2.56. The molecule has 2 nitrogen and oxygen atoms in total. The second-order valence-electron chi connectivity index (χ2n) is 2.74. The summed E-state index contributed by atoms with van der Waals surface area (Å²) in [7, 11) is 0. The maximum atomic E-state index is 5.77. The molecule has 0 radical (unpaired) electrons. The number of nitrogens with one attached hydrogen (secondary N) is 1. The summed E-state index contributed by atoms with van der Waals surface area (Å²) in [5.74, 6) is 1.73. The van der Waals surface area contributed by atoms with E-state index in [-0.39, 0.29) is 0 Å². The van der Waals surface area contributed by atoms with Gasteiger partial charge in [0.25, 0.3) is 0 Å². The summed E-state index contributed by atoms with van der Waals surface area (Å²) < 4.78 is 0.696. The summed E-state index contributed by atoms with van der Waals surface area (Å²) in [6.45, 7) is 0. The molecule has 5 heteroatoms. The SMILES string of the molecule is S=C1N=C(Nc2ccc(Cl)cc2)CS1. The van der Waals surface area contributed by atoms with Gasteiger partial charge in [-0.3, -0.25) is 0 Å². The van der Waals surface area contributed by atoms with Crippen molar-refractivity contribution < 1.29 is 0 Å². The molecule has 1 aliphatic rings. The molecule has 0 amide bonds. The van der Waals surface area contributed by atoms with Crippen molar-refractivity contribution in [2.24, 2.45) is 4.99 Å². The number of halogens is 1. The van der Waals surface area contributed by atoms with Gasteiger partial charge < -0.3 is 5.32 Å². The lowest BCUT2D eigenvalue weighted by molar-refractivity contribution is 1.59. The Labute approximate surface area is 96.8 Å². The smallest absolute Gasteiger partial charge is 0.162 e. The molecule has 0 fully saturated rings. The van der Waals surface area contributed by atoms with Gasteiger partial charge in [-0.1, -0.05) is 35.6 Å². The van der Waals surface area contributed by atoms with Crippen LogP contribution in [0, 0.1) is 0 Å². The van der Waals surface area contributed by atoms with Crippen LogP contribution in [0.2, 0.25) is 5.02 Å². The van der Waals surface area contributed by atoms with Gasteiger partial charge in [0.15, 0.2) is 4.32 Å². The van der Waals surface area contributed by atoms with Crippen molar-refractivity contribution in [1.29, 1.82) is 0 Å². The predicted octanol–water partition coefficient (Wildman–Crippen LogP) is 3.18. The zero-order chi connectivity index (χ0) is 9.97. The summed E-state index contributed by atoms with van der Waals surface area (Å²) in [6.07, 6.45) is 0. The van der Waals surface area contributed by atoms with Gasteiger partial charge in [0.1, 0.15) is 5.84 Å². The first-order chi connectivity index (χ1) is 6.74. The monoisotopic (exact) mass is 242 g/mol. The van der Waals surface area contributed by atoms with E-state index < -0.39 is 0 Å². The third-order valence-corrected chi connectivity index (χ3v) is 3.14. The van der Waals surface area contributed by atoms with Crippen molar-refractivity contribution in [3.63, 3.8) is 0 Å². The Bertz CT molecular complexity index is 386. The van der Waals surface area contributed by atoms with Crippen LogP contribution in [-0.4, -0.2) is 15.9 Å². The number of hydrogen-bond acceptors (Lipinski definition) is 3. The van der Waals surface area contributed by atoms with Crippen molar-refractivity contribution in [2.75, 3.05) is 11.1 Å². The van der Waals surface area contributed by atoms with E-state index >= 15 is 0 Å². The van der Waals surface area contributed by atoms with Crippen LogP contribution in [-0.2, 0) is 0 Å². The fourth-order valence-corrected chi connectivity index (χ4v) is 2.05. The Morgan fingerprint density at radius 2 is 2.07 bits per heavy atom. The fourth-order valence-electron chi connectivity index (χ4n) is 1.07. The normalized spacial score (nSPS) is 15.5. The number of nitrogens with zero attached hydrogens (tertiary/aromatic N) is 1. The molecular weight excluding hydrogens is 236 g/mol. The lowest BCUT2D eigenvalue weighted by atomic mass is 10.3. The number of aliphatic imine (C=N–C) groups is 1. The van der Waals surface area contributed by atoms with E-state index in [0.717, 1.165) is 22.3 Å². The van der Waals surface area contributed by atoms with Crippen LogP contribution in [0.25, 0.3) is 0 Å². The molecule has 0 aromatic heterocycles. The van der Waals surface area contributed by atoms with Crippen LogP contribution in [0.3, 0.4) is 0 Å². The highest BCUT2D eigenvalue weighted by Crippen LogP contribution is 2.18. The maximum absolute atomic E-state index is 5.77. The van der Waals surface area contributed by atoms with Gasteiger partial charge in [-0.15, -0.1) is 0 Å². The van der Waals surface area contributed by atoms with Crippen LogP contribution in [0.5, 0.6) is 0 Å². The minimum Gasteiger partial charge on any atom is -0.343 e. The standard InChI is InChI=1S/C9H7ClN2S2/c10-6-1-3-7(4-2-6)11-8-5-14-9(13)12-8/h1-4H,5H2,(H,11,12,13). The van der Waals surface area contributed by atoms with E-state index in [1.165, 1.54) is 0 Å². The molecule has 0 aliphatic carbocycles. The maximum Gasteiger partial charge on any atom is 0.162 e. The van der Waals surface area contributed by atoms with Gasteiger partial charge in [0.2, 0.25) is 0 Å². The van der Waals surface area contributed by atoms with Gasteiger partial charge in [-0.2, -0.15) is 0 Å². The van der Waals surface area contributed by atoms with Crippen molar-refractivity contribution in [3.05, 3.63) is 29.3 Å². The van der Waals surface area contributed by atoms with Crippen molar-refractivity contribution in [3.8, 4) is 0 Å². The number of rotatable bonds is 1. The molecule has 72 valence electrons. The van der Waals surface area contributed by atoms with E-state index in [1.807, 2.05) is 24.3 Å². The zero-order valence-electron chi connectivity index (χ0n) is 7.16. The lowest BCUT2D eigenvalue weighted by Crippen LogP contribution is -2.11. The molecule has 2 rings (SSSR count). The fraction of sp³-hybridized carbons (Fsp3) is 0.111. The Kier molecular flexibility index (Phi) is 3.05. The molecular formula is C9H7ClN2S2. The summed E-state index contributed by atoms with van der Waals surface area (Å²) in [5, 5.41) is 3.91. The molecule has 0 saturated carbocycles. The highest BCUT2D eigenvalue weighted by Gasteiger charge is 2.10. The molecule has 0 unspecified atom stereocenters. The van der Waals surface area contributed by atoms with Crippen molar-refractivity contribution >= 4 is 51.4 Å². The van der Waals surface area contributed by atoms with E-state index in [9.17, 15) is 0 Å². The largest absolute Gasteiger partial charge is 0.343 e. The quantitative estimate of drug-likeness (QED) is 0.766. The first-order valence-electron chi connectivity index (χ1n) is 4.01. The molecule has 0 bridgehead atoms. The molecule has 0 atom stereocenters. The number of hydrogen-bond donors (Lipinski definition) is 1. The molecule has 1 heterocycles. The molecule has 0 saturated heterocycles. The first-order valence-corrected chi connectivity index (χ1v) is 5.78. The average molecular weight is 243 g/mol. The molecule has 14 heavy (non-hydrogen) atoms. The summed E-state index contributed by atoms with van der Waals surface area (Å²) >= 11 is 12.3. The van der Waals surface area contributed by atoms with Gasteiger partial charge >= 0.3 is 0 Å². The van der Waals surface area contributed by atoms with Crippen LogP contribution >= 0.6 is 35.6 Å². The van der Waals surface area contributed by atoms with E-state index in [2.05, 4.69) is 10.3 Å². The van der Waals surface area contributed by atoms with Crippen LogP contribution in [0.15, 0.2) is 29.3 Å². The molecule has 1 aromatic carbocycles. The summed E-state index contributed by atoms with van der Waals surface area (Å²) in [5.41, 5.74) is 0.985. The minimum atomic E-state index is 0.696. The first kappa shape index (κ1) is 9.96. The lowest BCUT2D eigenvalue weighted by Gasteiger charge is -2.03. The van der Waals surface area contributed by atoms with Gasteiger partial charge in [-0.05, 0) is 24.3 Å². The molecule has 1 aliphatic heterocycles. The van der Waals surface area contributed by atoms with Gasteiger partial charge in [0, 0.05) is 10.7 Å². The van der Waals surface area contributed by atoms with E-state index in [4.69, 9.17) is 23.8 Å². The Morgan fingerprint density at radius 1 is 1.36 bits per heavy atom. The Morgan fingerprint density at radius 3 is 2.64 bits per heavy atom. The number of thiocarbonyl (C=S) groups is 1. The third-order valence-electron chi connectivity index (χ3n) is 1.69. The summed E-state index contributed by atoms with van der Waals surface area (Å²) in [4.78, 5) is 4.17. The molecule has 1 N–H and O–H groups in total. The predicted molar refractivity (Wildman–Crippen MR) is 67.6 cm³/mol. The van der Waals surface area contributed by atoms with E-state index in [0.29, 0.717) is 4.32 Å². The number of benzene rings is 1. The summed E-state index contributed by atoms with van der Waals surface area (Å²) in [6, 6.07) is 7.50. The second-order valence-corrected chi connectivity index (χ2v) is 4.79. The van der Waals surface area contributed by atoms with Gasteiger partial charge in [-0.25, -0.2) is 4.99 Å². The number of anilines is 1. The highest BCUT2D eigenvalue weighted by atomic mass is 35.5. The molecule has 0 spiro atoms. The minimum absolute atomic E-state index is 0.696. The zero-order valence-corrected chi connectivity index (χ0v) is 9.55. The van der Waals surface area contributed by atoms with Crippen LogP contribution < -0.4 is 5.32 Å². The highest BCUT2D eigenvalue weighted by molar-refractivity contribution is 8.23. The Hall–Kier alpha value is -0.580. The van der Waals surface area contributed by atoms with E-state index in [1.54, 1.807) is 11.8 Å².